The smallest absolute Gasteiger partial charge is 0.255 e. The zero-order chi connectivity index (χ0) is 19.6. The number of hydrogen-bond donors (Lipinski definition) is 1. The molecular formula is C24H22N2O2S. The zero-order valence-electron chi connectivity index (χ0n) is 16.1. The van der Waals surface area contributed by atoms with E-state index in [-0.39, 0.29) is 11.9 Å². The van der Waals surface area contributed by atoms with Crippen LogP contribution in [-0.2, 0) is 6.61 Å². The lowest BCUT2D eigenvalue weighted by Gasteiger charge is -2.16. The Hall–Kier alpha value is -2.92. The Morgan fingerprint density at radius 3 is 2.69 bits per heavy atom. The van der Waals surface area contributed by atoms with Gasteiger partial charge < -0.3 is 10.1 Å². The van der Waals surface area contributed by atoms with Crippen LogP contribution in [-0.4, -0.2) is 16.9 Å². The molecule has 0 unspecified atom stereocenters. The van der Waals surface area contributed by atoms with Crippen LogP contribution in [0.25, 0.3) is 21.0 Å². The molecular weight excluding hydrogens is 380 g/mol. The van der Waals surface area contributed by atoms with E-state index in [4.69, 9.17) is 4.74 Å². The number of amides is 1. The van der Waals surface area contributed by atoms with Gasteiger partial charge >= 0.3 is 0 Å². The van der Waals surface area contributed by atoms with Crippen LogP contribution in [0.1, 0.15) is 41.0 Å². The van der Waals surface area contributed by atoms with Gasteiger partial charge in [-0.25, -0.2) is 4.98 Å². The monoisotopic (exact) mass is 402 g/mol. The highest BCUT2D eigenvalue weighted by Crippen LogP contribution is 2.32. The fourth-order valence-electron chi connectivity index (χ4n) is 4.03. The summed E-state index contributed by atoms with van der Waals surface area (Å²) in [5.41, 5.74) is 1.57. The van der Waals surface area contributed by atoms with Crippen molar-refractivity contribution in [3.63, 3.8) is 0 Å². The fraction of sp³-hybridized carbons (Fsp3) is 0.250. The van der Waals surface area contributed by atoms with Gasteiger partial charge in [0.25, 0.3) is 5.91 Å². The summed E-state index contributed by atoms with van der Waals surface area (Å²) < 4.78 is 7.38. The molecule has 5 rings (SSSR count). The second kappa shape index (κ2) is 7.84. The largest absolute Gasteiger partial charge is 0.485 e. The van der Waals surface area contributed by atoms with Crippen molar-refractivity contribution in [1.29, 1.82) is 0 Å². The van der Waals surface area contributed by atoms with Crippen LogP contribution in [0, 0.1) is 0 Å². The molecule has 0 spiro atoms. The molecule has 1 amide bonds. The number of ether oxygens (including phenoxy) is 1. The van der Waals surface area contributed by atoms with Gasteiger partial charge in [0.2, 0.25) is 0 Å². The quantitative estimate of drug-likeness (QED) is 0.466. The number of carbonyl (C=O) groups excluding carboxylic acids is 1. The molecule has 1 heterocycles. The van der Waals surface area contributed by atoms with Crippen molar-refractivity contribution in [2.24, 2.45) is 0 Å². The summed E-state index contributed by atoms with van der Waals surface area (Å²) in [5, 5.41) is 6.10. The zero-order valence-corrected chi connectivity index (χ0v) is 16.9. The summed E-state index contributed by atoms with van der Waals surface area (Å²) in [7, 11) is 0. The van der Waals surface area contributed by atoms with Crippen LogP contribution in [0.2, 0.25) is 0 Å². The average Bonchev–Trinajstić information content (AvgIpc) is 3.41. The minimum absolute atomic E-state index is 0.0537. The summed E-state index contributed by atoms with van der Waals surface area (Å²) in [6.45, 7) is 0.344. The van der Waals surface area contributed by atoms with E-state index >= 15 is 0 Å². The van der Waals surface area contributed by atoms with Gasteiger partial charge in [-0.15, -0.1) is 11.3 Å². The predicted molar refractivity (Wildman–Crippen MR) is 118 cm³/mol. The van der Waals surface area contributed by atoms with Gasteiger partial charge in [-0.1, -0.05) is 55.3 Å². The highest BCUT2D eigenvalue weighted by Gasteiger charge is 2.21. The first-order valence-electron chi connectivity index (χ1n) is 10.1. The molecule has 0 aliphatic heterocycles. The second-order valence-corrected chi connectivity index (χ2v) is 8.60. The van der Waals surface area contributed by atoms with E-state index in [1.54, 1.807) is 11.3 Å². The van der Waals surface area contributed by atoms with E-state index in [2.05, 4.69) is 16.4 Å². The van der Waals surface area contributed by atoms with Crippen molar-refractivity contribution in [3.8, 4) is 5.75 Å². The minimum Gasteiger partial charge on any atom is -0.485 e. The summed E-state index contributed by atoms with van der Waals surface area (Å²) in [4.78, 5) is 17.7. The third kappa shape index (κ3) is 3.70. The lowest BCUT2D eigenvalue weighted by molar-refractivity contribution is 0.0933. The molecule has 3 aromatic carbocycles. The number of aromatic nitrogens is 1. The standard InChI is InChI=1S/C24H22N2O2S/c27-24(25-17-8-2-3-9-17)19-14-13-16-7-1-4-10-18(16)23(19)28-15-22-26-20-11-5-6-12-21(20)29-22/h1,4-7,10-14,17H,2-3,8-9,15H2,(H,25,27). The number of benzene rings is 3. The SMILES string of the molecule is O=C(NC1CCCC1)c1ccc2ccccc2c1OCc1nc2ccccc2s1. The first-order chi connectivity index (χ1) is 14.3. The van der Waals surface area contributed by atoms with E-state index in [1.807, 2.05) is 54.6 Å². The molecule has 0 atom stereocenters. The highest BCUT2D eigenvalue weighted by molar-refractivity contribution is 7.18. The Bertz CT molecular complexity index is 1140. The number of hydrogen-bond acceptors (Lipinski definition) is 4. The van der Waals surface area contributed by atoms with E-state index in [0.717, 1.165) is 38.8 Å². The lowest BCUT2D eigenvalue weighted by atomic mass is 10.0. The summed E-state index contributed by atoms with van der Waals surface area (Å²) in [6.07, 6.45) is 4.48. The molecule has 29 heavy (non-hydrogen) atoms. The van der Waals surface area contributed by atoms with Gasteiger partial charge in [0.15, 0.2) is 0 Å². The molecule has 5 heteroatoms. The maximum absolute atomic E-state index is 13.0. The molecule has 146 valence electrons. The molecule has 4 nitrogen and oxygen atoms in total. The first kappa shape index (κ1) is 18.1. The third-order valence-electron chi connectivity index (χ3n) is 5.49. The maximum Gasteiger partial charge on any atom is 0.255 e. The molecule has 1 saturated carbocycles. The van der Waals surface area contributed by atoms with Crippen molar-refractivity contribution in [3.05, 3.63) is 71.2 Å². The lowest BCUT2D eigenvalue weighted by Crippen LogP contribution is -2.32. The number of fused-ring (bicyclic) bond motifs is 2. The van der Waals surface area contributed by atoms with Gasteiger partial charge in [0.05, 0.1) is 15.8 Å². The van der Waals surface area contributed by atoms with Crippen molar-refractivity contribution in [1.82, 2.24) is 10.3 Å². The third-order valence-corrected chi connectivity index (χ3v) is 6.50. The van der Waals surface area contributed by atoms with Crippen LogP contribution < -0.4 is 10.1 Å². The Morgan fingerprint density at radius 1 is 1.03 bits per heavy atom. The van der Waals surface area contributed by atoms with Crippen molar-refractivity contribution >= 4 is 38.2 Å². The molecule has 0 bridgehead atoms. The van der Waals surface area contributed by atoms with Gasteiger partial charge in [0.1, 0.15) is 17.4 Å². The predicted octanol–water partition coefficient (Wildman–Crippen LogP) is 5.70. The summed E-state index contributed by atoms with van der Waals surface area (Å²) >= 11 is 1.63. The van der Waals surface area contributed by atoms with E-state index < -0.39 is 0 Å². The highest BCUT2D eigenvalue weighted by atomic mass is 32.1. The number of rotatable bonds is 5. The summed E-state index contributed by atoms with van der Waals surface area (Å²) in [6, 6.07) is 20.2. The number of carbonyl (C=O) groups is 1. The topological polar surface area (TPSA) is 51.2 Å². The first-order valence-corrected chi connectivity index (χ1v) is 10.9. The molecule has 1 N–H and O–H groups in total. The van der Waals surface area contributed by atoms with Crippen LogP contribution in [0.4, 0.5) is 0 Å². The Labute approximate surface area is 173 Å². The van der Waals surface area contributed by atoms with Crippen LogP contribution in [0.15, 0.2) is 60.7 Å². The van der Waals surface area contributed by atoms with Gasteiger partial charge in [-0.05, 0) is 36.4 Å². The van der Waals surface area contributed by atoms with Crippen LogP contribution in [0.5, 0.6) is 5.75 Å². The Kier molecular flexibility index (Phi) is 4.90. The summed E-state index contributed by atoms with van der Waals surface area (Å²) in [5.74, 6) is 0.583. The maximum atomic E-state index is 13.0. The van der Waals surface area contributed by atoms with E-state index in [9.17, 15) is 4.79 Å². The molecule has 4 aromatic rings. The molecule has 1 fully saturated rings. The Balaban J connectivity index is 1.47. The van der Waals surface area contributed by atoms with E-state index in [0.29, 0.717) is 17.9 Å². The van der Waals surface area contributed by atoms with Gasteiger partial charge in [-0.2, -0.15) is 0 Å². The molecule has 1 aliphatic rings. The van der Waals surface area contributed by atoms with Crippen molar-refractivity contribution in [2.45, 2.75) is 38.3 Å². The second-order valence-electron chi connectivity index (χ2n) is 7.48. The average molecular weight is 403 g/mol. The van der Waals surface area contributed by atoms with Gasteiger partial charge in [-0.3, -0.25) is 4.79 Å². The number of para-hydroxylation sites is 1. The number of nitrogens with one attached hydrogen (secondary N) is 1. The molecule has 0 radical (unpaired) electrons. The van der Waals surface area contributed by atoms with Crippen LogP contribution in [0.3, 0.4) is 0 Å². The molecule has 1 aromatic heterocycles. The molecule has 0 saturated heterocycles. The molecule has 1 aliphatic carbocycles. The number of thiazole rings is 1. The normalized spacial score (nSPS) is 14.5. The fourth-order valence-corrected chi connectivity index (χ4v) is 4.91. The number of nitrogens with zero attached hydrogens (tertiary/aromatic N) is 1. The van der Waals surface area contributed by atoms with Gasteiger partial charge in [0, 0.05) is 11.4 Å². The van der Waals surface area contributed by atoms with Crippen LogP contribution >= 0.6 is 11.3 Å². The minimum atomic E-state index is -0.0537. The Morgan fingerprint density at radius 2 is 1.83 bits per heavy atom. The van der Waals surface area contributed by atoms with Crippen molar-refractivity contribution < 1.29 is 9.53 Å². The van der Waals surface area contributed by atoms with Crippen molar-refractivity contribution in [2.75, 3.05) is 0 Å². The van der Waals surface area contributed by atoms with E-state index in [1.165, 1.54) is 12.8 Å².